The lowest BCUT2D eigenvalue weighted by atomic mass is 10.0. The zero-order valence-corrected chi connectivity index (χ0v) is 15.1. The molecule has 0 bridgehead atoms. The average molecular weight is 381 g/mol. The Bertz CT molecular complexity index is 718. The summed E-state index contributed by atoms with van der Waals surface area (Å²) in [4.78, 5) is 11.4. The molecule has 0 radical (unpaired) electrons. The van der Waals surface area contributed by atoms with Crippen LogP contribution in [-0.2, 0) is 20.4 Å². The first-order valence-electron chi connectivity index (χ1n) is 8.43. The number of benzene rings is 2. The molecule has 0 aromatic heterocycles. The van der Waals surface area contributed by atoms with Crippen molar-refractivity contribution < 1.29 is 27.4 Å². The highest BCUT2D eigenvalue weighted by atomic mass is 19.4. The highest BCUT2D eigenvalue weighted by Crippen LogP contribution is 2.30. The number of esters is 1. The molecule has 0 fully saturated rings. The Kier molecular flexibility index (Phi) is 7.38. The minimum absolute atomic E-state index is 0.149. The lowest BCUT2D eigenvalue weighted by Gasteiger charge is -2.23. The van der Waals surface area contributed by atoms with Gasteiger partial charge in [0, 0.05) is 20.6 Å². The van der Waals surface area contributed by atoms with Crippen LogP contribution in [0.15, 0.2) is 54.6 Å². The normalized spacial score (nSPS) is 13.8. The van der Waals surface area contributed by atoms with E-state index in [1.54, 1.807) is 7.11 Å². The molecule has 2 aromatic carbocycles. The molecule has 0 spiro atoms. The monoisotopic (exact) mass is 381 g/mol. The molecular formula is C20H22F3NO3. The van der Waals surface area contributed by atoms with E-state index in [-0.39, 0.29) is 12.6 Å². The summed E-state index contributed by atoms with van der Waals surface area (Å²) in [5.74, 6) is -0.510. The van der Waals surface area contributed by atoms with Crippen molar-refractivity contribution in [1.29, 1.82) is 0 Å². The molecule has 0 aliphatic rings. The molecule has 2 atom stereocenters. The molecule has 0 aliphatic heterocycles. The second-order valence-electron chi connectivity index (χ2n) is 6.04. The van der Waals surface area contributed by atoms with Crippen LogP contribution in [0.3, 0.4) is 0 Å². The summed E-state index contributed by atoms with van der Waals surface area (Å²) in [6.07, 6.45) is -5.13. The summed E-state index contributed by atoms with van der Waals surface area (Å²) < 4.78 is 48.8. The van der Waals surface area contributed by atoms with E-state index in [0.29, 0.717) is 12.2 Å². The van der Waals surface area contributed by atoms with Crippen molar-refractivity contribution in [2.24, 2.45) is 0 Å². The van der Waals surface area contributed by atoms with Gasteiger partial charge < -0.3 is 14.8 Å². The lowest BCUT2D eigenvalue weighted by molar-refractivity contribution is -0.146. The Labute approximate surface area is 156 Å². The minimum Gasteiger partial charge on any atom is -0.456 e. The van der Waals surface area contributed by atoms with E-state index < -0.39 is 23.8 Å². The number of hydrogen-bond acceptors (Lipinski definition) is 4. The van der Waals surface area contributed by atoms with Crippen LogP contribution in [0.2, 0.25) is 0 Å². The number of nitrogens with one attached hydrogen (secondary N) is 1. The van der Waals surface area contributed by atoms with Crippen LogP contribution < -0.4 is 5.32 Å². The number of carbonyl (C=O) groups is 1. The minimum atomic E-state index is -4.41. The molecule has 0 unspecified atom stereocenters. The van der Waals surface area contributed by atoms with E-state index in [9.17, 15) is 18.0 Å². The van der Waals surface area contributed by atoms with Crippen molar-refractivity contribution in [1.82, 2.24) is 5.32 Å². The molecule has 0 heterocycles. The number of alkyl halides is 3. The van der Waals surface area contributed by atoms with Gasteiger partial charge in [-0.15, -0.1) is 0 Å². The van der Waals surface area contributed by atoms with E-state index >= 15 is 0 Å². The van der Waals surface area contributed by atoms with Gasteiger partial charge in [-0.3, -0.25) is 4.79 Å². The second-order valence-corrected chi connectivity index (χ2v) is 6.04. The van der Waals surface area contributed by atoms with Crippen molar-refractivity contribution in [2.75, 3.05) is 20.3 Å². The number of ether oxygens (including phenoxy) is 2. The van der Waals surface area contributed by atoms with Gasteiger partial charge in [-0.25, -0.2) is 0 Å². The van der Waals surface area contributed by atoms with Crippen molar-refractivity contribution in [3.05, 3.63) is 71.3 Å². The first-order valence-corrected chi connectivity index (χ1v) is 8.43. The van der Waals surface area contributed by atoms with Gasteiger partial charge in [-0.2, -0.15) is 13.2 Å². The highest BCUT2D eigenvalue weighted by molar-refractivity contribution is 5.66. The van der Waals surface area contributed by atoms with Gasteiger partial charge in [0.2, 0.25) is 0 Å². The topological polar surface area (TPSA) is 47.6 Å². The van der Waals surface area contributed by atoms with E-state index in [1.165, 1.54) is 19.1 Å². The fourth-order valence-electron chi connectivity index (χ4n) is 2.69. The van der Waals surface area contributed by atoms with Crippen molar-refractivity contribution >= 4 is 5.97 Å². The standard InChI is InChI=1S/C20H22F3NO3/c1-14(25)27-19(16-8-10-17(11-9-16)20(21,22)23)12-24-18(13-26-2)15-6-4-3-5-7-15/h3-11,18-19,24H,12-13H2,1-2H3/t18-,19+/m1/s1. The molecule has 1 N–H and O–H groups in total. The molecule has 0 amide bonds. The van der Waals surface area contributed by atoms with Gasteiger partial charge in [-0.05, 0) is 23.3 Å². The van der Waals surface area contributed by atoms with Crippen LogP contribution in [-0.4, -0.2) is 26.2 Å². The maximum atomic E-state index is 12.7. The Morgan fingerprint density at radius 1 is 1.04 bits per heavy atom. The molecule has 2 rings (SSSR count). The smallest absolute Gasteiger partial charge is 0.416 e. The third kappa shape index (κ3) is 6.37. The van der Waals surface area contributed by atoms with E-state index in [2.05, 4.69) is 5.32 Å². The molecule has 4 nitrogen and oxygen atoms in total. The fourth-order valence-corrected chi connectivity index (χ4v) is 2.69. The Hall–Kier alpha value is -2.38. The molecule has 2 aromatic rings. The maximum absolute atomic E-state index is 12.7. The van der Waals surface area contributed by atoms with Gasteiger partial charge in [0.15, 0.2) is 0 Å². The van der Waals surface area contributed by atoms with Crippen LogP contribution in [0.4, 0.5) is 13.2 Å². The number of hydrogen-bond donors (Lipinski definition) is 1. The van der Waals surface area contributed by atoms with E-state index in [1.807, 2.05) is 30.3 Å². The summed E-state index contributed by atoms with van der Waals surface area (Å²) in [6, 6.07) is 14.0. The van der Waals surface area contributed by atoms with Crippen LogP contribution in [0.1, 0.15) is 35.8 Å². The summed E-state index contributed by atoms with van der Waals surface area (Å²) in [6.45, 7) is 1.89. The van der Waals surface area contributed by atoms with Gasteiger partial charge in [-0.1, -0.05) is 42.5 Å². The predicted octanol–water partition coefficient (Wildman–Crippen LogP) is 4.29. The third-order valence-electron chi connectivity index (χ3n) is 4.00. The summed E-state index contributed by atoms with van der Waals surface area (Å²) in [5, 5.41) is 3.26. The number of rotatable bonds is 8. The first kappa shape index (κ1) is 20.9. The fraction of sp³-hybridized carbons (Fsp3) is 0.350. The van der Waals surface area contributed by atoms with Crippen LogP contribution in [0.5, 0.6) is 0 Å². The molecule has 146 valence electrons. The maximum Gasteiger partial charge on any atom is 0.416 e. The zero-order valence-electron chi connectivity index (χ0n) is 15.1. The SMILES string of the molecule is COC[C@@H](NC[C@H](OC(C)=O)c1ccc(C(F)(F)F)cc1)c1ccccc1. The number of halogens is 3. The average Bonchev–Trinajstić information content (AvgIpc) is 2.64. The Morgan fingerprint density at radius 2 is 1.67 bits per heavy atom. The zero-order chi connectivity index (χ0) is 19.9. The summed E-state index contributed by atoms with van der Waals surface area (Å²) in [5.41, 5.74) is 0.727. The van der Waals surface area contributed by atoms with E-state index in [0.717, 1.165) is 17.7 Å². The van der Waals surface area contributed by atoms with Gasteiger partial charge in [0.1, 0.15) is 6.10 Å². The molecule has 0 saturated heterocycles. The van der Waals surface area contributed by atoms with Crippen molar-refractivity contribution in [3.8, 4) is 0 Å². The second kappa shape index (κ2) is 9.53. The summed E-state index contributed by atoms with van der Waals surface area (Å²) in [7, 11) is 1.58. The molecular weight excluding hydrogens is 359 g/mol. The summed E-state index contributed by atoms with van der Waals surface area (Å²) >= 11 is 0. The number of methoxy groups -OCH3 is 1. The molecule has 27 heavy (non-hydrogen) atoms. The predicted molar refractivity (Wildman–Crippen MR) is 95.0 cm³/mol. The Morgan fingerprint density at radius 3 is 2.19 bits per heavy atom. The largest absolute Gasteiger partial charge is 0.456 e. The van der Waals surface area contributed by atoms with Gasteiger partial charge >= 0.3 is 12.1 Å². The third-order valence-corrected chi connectivity index (χ3v) is 4.00. The highest BCUT2D eigenvalue weighted by Gasteiger charge is 2.30. The molecule has 7 heteroatoms. The Balaban J connectivity index is 2.14. The first-order chi connectivity index (χ1) is 12.8. The van der Waals surface area contributed by atoms with Gasteiger partial charge in [0.05, 0.1) is 18.2 Å². The van der Waals surface area contributed by atoms with Crippen LogP contribution in [0, 0.1) is 0 Å². The molecule has 0 saturated carbocycles. The molecule has 0 aliphatic carbocycles. The van der Waals surface area contributed by atoms with E-state index in [4.69, 9.17) is 9.47 Å². The lowest BCUT2D eigenvalue weighted by Crippen LogP contribution is -2.31. The van der Waals surface area contributed by atoms with Crippen LogP contribution >= 0.6 is 0 Å². The number of carbonyl (C=O) groups excluding carboxylic acids is 1. The van der Waals surface area contributed by atoms with Crippen molar-refractivity contribution in [2.45, 2.75) is 25.2 Å². The van der Waals surface area contributed by atoms with Crippen molar-refractivity contribution in [3.63, 3.8) is 0 Å². The van der Waals surface area contributed by atoms with Gasteiger partial charge in [0.25, 0.3) is 0 Å². The quantitative estimate of drug-likeness (QED) is 0.693. The van der Waals surface area contributed by atoms with Crippen LogP contribution in [0.25, 0.3) is 0 Å².